The van der Waals surface area contributed by atoms with Crippen molar-refractivity contribution in [2.24, 2.45) is 0 Å². The minimum atomic E-state index is -1.62. The van der Waals surface area contributed by atoms with Crippen molar-refractivity contribution in [3.05, 3.63) is 47.5 Å². The zero-order valence-corrected chi connectivity index (χ0v) is 17.1. The van der Waals surface area contributed by atoms with E-state index in [0.29, 0.717) is 5.75 Å². The lowest BCUT2D eigenvalue weighted by Crippen LogP contribution is -2.60. The van der Waals surface area contributed by atoms with Gasteiger partial charge in [0.05, 0.1) is 20.1 Å². The Hall–Kier alpha value is -2.89. The number of carbonyl (C=O) groups excluding carboxylic acids is 1. The molecule has 0 bridgehead atoms. The quantitative estimate of drug-likeness (QED) is 0.431. The van der Waals surface area contributed by atoms with Gasteiger partial charge in [0.2, 0.25) is 6.29 Å². The molecule has 0 aliphatic carbocycles. The van der Waals surface area contributed by atoms with E-state index in [2.05, 4.69) is 0 Å². The Morgan fingerprint density at radius 3 is 2.41 bits per heavy atom. The van der Waals surface area contributed by atoms with Crippen LogP contribution < -0.4 is 14.2 Å². The van der Waals surface area contributed by atoms with Gasteiger partial charge >= 0.3 is 0 Å². The summed E-state index contributed by atoms with van der Waals surface area (Å²) in [7, 11) is 1.55. The van der Waals surface area contributed by atoms with E-state index in [1.165, 1.54) is 6.07 Å². The second-order valence-electron chi connectivity index (χ2n) is 7.64. The van der Waals surface area contributed by atoms with E-state index >= 15 is 0 Å². The van der Waals surface area contributed by atoms with Gasteiger partial charge < -0.3 is 44.5 Å². The summed E-state index contributed by atoms with van der Waals surface area (Å²) in [5.41, 5.74) is 0.750. The summed E-state index contributed by atoms with van der Waals surface area (Å²) in [5.74, 6) is 0.0452. The Bertz CT molecular complexity index is 973. The van der Waals surface area contributed by atoms with Crippen LogP contribution in [-0.2, 0) is 4.74 Å². The van der Waals surface area contributed by atoms with Crippen LogP contribution in [0, 0.1) is 0 Å². The van der Waals surface area contributed by atoms with Crippen LogP contribution in [0.15, 0.2) is 36.4 Å². The first-order valence-electron chi connectivity index (χ1n) is 10.0. The third-order valence-corrected chi connectivity index (χ3v) is 5.56. The summed E-state index contributed by atoms with van der Waals surface area (Å²) in [5, 5.41) is 49.7. The molecule has 0 saturated carbocycles. The SMILES string of the molecule is COc1ccc(C2CC(=O)c3c(O)cc(O[C@@H]4O[C@H](CO)C(O)[C@@H](O)[C@H]4O)cc3O2)cc1. The summed E-state index contributed by atoms with van der Waals surface area (Å²) >= 11 is 0. The van der Waals surface area contributed by atoms with Crippen LogP contribution in [0.2, 0.25) is 0 Å². The Labute approximate surface area is 183 Å². The van der Waals surface area contributed by atoms with Crippen molar-refractivity contribution in [2.45, 2.75) is 43.2 Å². The number of aliphatic hydroxyl groups excluding tert-OH is 4. The summed E-state index contributed by atoms with van der Waals surface area (Å²) in [6.07, 6.45) is -7.93. The first kappa shape index (κ1) is 22.3. The van der Waals surface area contributed by atoms with Gasteiger partial charge in [-0.05, 0) is 17.7 Å². The Morgan fingerprint density at radius 1 is 1.03 bits per heavy atom. The maximum Gasteiger partial charge on any atom is 0.229 e. The molecule has 32 heavy (non-hydrogen) atoms. The zero-order chi connectivity index (χ0) is 23.0. The molecular weight excluding hydrogens is 424 g/mol. The monoisotopic (exact) mass is 448 g/mol. The van der Waals surface area contributed by atoms with Crippen LogP contribution in [0.4, 0.5) is 0 Å². The number of benzene rings is 2. The lowest BCUT2D eigenvalue weighted by molar-refractivity contribution is -0.277. The van der Waals surface area contributed by atoms with Crippen LogP contribution in [0.5, 0.6) is 23.0 Å². The van der Waals surface area contributed by atoms with Crippen LogP contribution in [0.25, 0.3) is 0 Å². The molecule has 2 aliphatic rings. The van der Waals surface area contributed by atoms with Crippen molar-refractivity contribution in [3.8, 4) is 23.0 Å². The summed E-state index contributed by atoms with van der Waals surface area (Å²) in [6.45, 7) is -0.610. The molecule has 2 aromatic carbocycles. The molecule has 6 atom stereocenters. The Kier molecular flexibility index (Phi) is 6.22. The molecule has 172 valence electrons. The van der Waals surface area contributed by atoms with E-state index in [0.717, 1.165) is 11.6 Å². The maximum absolute atomic E-state index is 12.7. The van der Waals surface area contributed by atoms with E-state index in [9.17, 15) is 30.3 Å². The number of fused-ring (bicyclic) bond motifs is 1. The summed E-state index contributed by atoms with van der Waals surface area (Å²) in [6, 6.07) is 9.56. The number of aliphatic hydroxyl groups is 4. The lowest BCUT2D eigenvalue weighted by atomic mass is 9.95. The molecule has 5 N–H and O–H groups in total. The van der Waals surface area contributed by atoms with Gasteiger partial charge in [-0.3, -0.25) is 4.79 Å². The normalized spacial score (nSPS) is 29.7. The third-order valence-electron chi connectivity index (χ3n) is 5.56. The number of hydrogen-bond donors (Lipinski definition) is 5. The van der Waals surface area contributed by atoms with Gasteiger partial charge in [-0.25, -0.2) is 0 Å². The number of phenols is 1. The van der Waals surface area contributed by atoms with E-state index in [-0.39, 0.29) is 35.0 Å². The van der Waals surface area contributed by atoms with Crippen LogP contribution in [0.3, 0.4) is 0 Å². The van der Waals surface area contributed by atoms with Gasteiger partial charge in [-0.2, -0.15) is 0 Å². The number of phenolic OH excluding ortho intramolecular Hbond substituents is 1. The van der Waals surface area contributed by atoms with Crippen molar-refractivity contribution in [3.63, 3.8) is 0 Å². The van der Waals surface area contributed by atoms with E-state index in [4.69, 9.17) is 18.9 Å². The highest BCUT2D eigenvalue weighted by Crippen LogP contribution is 2.42. The van der Waals surface area contributed by atoms with Crippen LogP contribution >= 0.6 is 0 Å². The average molecular weight is 448 g/mol. The van der Waals surface area contributed by atoms with Gasteiger partial charge in [0.15, 0.2) is 5.78 Å². The molecule has 0 radical (unpaired) electrons. The van der Waals surface area contributed by atoms with Gasteiger partial charge in [0.25, 0.3) is 0 Å². The number of aromatic hydroxyl groups is 1. The molecule has 1 fully saturated rings. The fraction of sp³-hybridized carbons (Fsp3) is 0.409. The molecule has 0 amide bonds. The predicted octanol–water partition coefficient (Wildman–Crippen LogP) is 0.286. The van der Waals surface area contributed by atoms with Gasteiger partial charge in [0, 0.05) is 12.1 Å². The number of Topliss-reactive ketones (excluding diaryl/α,β-unsaturated/α-hetero) is 1. The molecule has 1 saturated heterocycles. The van der Waals surface area contributed by atoms with Crippen LogP contribution in [0.1, 0.15) is 28.4 Å². The highest BCUT2D eigenvalue weighted by atomic mass is 16.7. The highest BCUT2D eigenvalue weighted by molar-refractivity contribution is 6.02. The Balaban J connectivity index is 1.58. The first-order valence-corrected chi connectivity index (χ1v) is 10.0. The van der Waals surface area contributed by atoms with Gasteiger partial charge in [-0.15, -0.1) is 0 Å². The molecular formula is C22H24O10. The summed E-state index contributed by atoms with van der Waals surface area (Å²) < 4.78 is 22.0. The molecule has 2 unspecified atom stereocenters. The fourth-order valence-electron chi connectivity index (χ4n) is 3.79. The smallest absolute Gasteiger partial charge is 0.229 e. The molecule has 10 heteroatoms. The number of ketones is 1. The molecule has 10 nitrogen and oxygen atoms in total. The van der Waals surface area contributed by atoms with E-state index in [1.807, 2.05) is 0 Å². The molecule has 2 aliphatic heterocycles. The number of hydrogen-bond acceptors (Lipinski definition) is 10. The second-order valence-corrected chi connectivity index (χ2v) is 7.64. The minimum absolute atomic E-state index is 0.00578. The van der Waals surface area contributed by atoms with Gasteiger partial charge in [0.1, 0.15) is 59.1 Å². The van der Waals surface area contributed by atoms with Crippen LogP contribution in [-0.4, -0.2) is 75.7 Å². The molecule has 2 heterocycles. The average Bonchev–Trinajstić information content (AvgIpc) is 2.79. The highest BCUT2D eigenvalue weighted by Gasteiger charge is 2.45. The maximum atomic E-state index is 12.7. The molecule has 2 aromatic rings. The third kappa shape index (κ3) is 4.10. The number of rotatable bonds is 5. The van der Waals surface area contributed by atoms with Crippen molar-refractivity contribution < 1.29 is 49.3 Å². The second kappa shape index (κ2) is 8.93. The number of ether oxygens (including phenoxy) is 4. The van der Waals surface area contributed by atoms with Crippen molar-refractivity contribution in [1.82, 2.24) is 0 Å². The van der Waals surface area contributed by atoms with E-state index in [1.54, 1.807) is 31.4 Å². The standard InChI is InChI=1S/C22H24O10/c1-29-11-4-2-10(3-5-11)15-8-14(25)18-13(24)6-12(7-16(18)31-15)30-22-21(28)20(27)19(26)17(9-23)32-22/h2-7,15,17,19-24,26-28H,8-9H2,1H3/t15?,17-,19?,20-,21-,22-/m1/s1. The van der Waals surface area contributed by atoms with Crippen molar-refractivity contribution in [2.75, 3.05) is 13.7 Å². The zero-order valence-electron chi connectivity index (χ0n) is 17.1. The number of carbonyl (C=O) groups is 1. The Morgan fingerprint density at radius 2 is 1.75 bits per heavy atom. The lowest BCUT2D eigenvalue weighted by Gasteiger charge is -2.39. The van der Waals surface area contributed by atoms with Gasteiger partial charge in [-0.1, -0.05) is 12.1 Å². The predicted molar refractivity (Wildman–Crippen MR) is 108 cm³/mol. The molecule has 0 aromatic heterocycles. The largest absolute Gasteiger partial charge is 0.507 e. The molecule has 4 rings (SSSR count). The van der Waals surface area contributed by atoms with Crippen molar-refractivity contribution in [1.29, 1.82) is 0 Å². The van der Waals surface area contributed by atoms with E-state index < -0.39 is 43.4 Å². The summed E-state index contributed by atoms with van der Waals surface area (Å²) in [4.78, 5) is 12.7. The molecule has 0 spiro atoms. The number of methoxy groups -OCH3 is 1. The van der Waals surface area contributed by atoms with Crippen molar-refractivity contribution >= 4 is 5.78 Å². The topological polar surface area (TPSA) is 155 Å². The minimum Gasteiger partial charge on any atom is -0.507 e. The first-order chi connectivity index (χ1) is 15.3. The fourth-order valence-corrected chi connectivity index (χ4v) is 3.79.